The van der Waals surface area contributed by atoms with Crippen molar-refractivity contribution in [2.45, 2.75) is 38.6 Å². The number of aromatic nitrogens is 3. The predicted molar refractivity (Wildman–Crippen MR) is 102 cm³/mol. The van der Waals surface area contributed by atoms with Crippen LogP contribution in [0, 0.1) is 6.92 Å². The Labute approximate surface area is 157 Å². The second-order valence-electron chi connectivity index (χ2n) is 7.09. The highest BCUT2D eigenvalue weighted by atomic mass is 16.2. The van der Waals surface area contributed by atoms with Gasteiger partial charge >= 0.3 is 0 Å². The van der Waals surface area contributed by atoms with Gasteiger partial charge in [0, 0.05) is 19.5 Å². The zero-order chi connectivity index (χ0) is 18.8. The Morgan fingerprint density at radius 2 is 2.15 bits per heavy atom. The summed E-state index contributed by atoms with van der Waals surface area (Å²) in [5.41, 5.74) is 2.43. The van der Waals surface area contributed by atoms with E-state index in [0.29, 0.717) is 24.3 Å². The van der Waals surface area contributed by atoms with Crippen molar-refractivity contribution in [2.24, 2.45) is 0 Å². The van der Waals surface area contributed by atoms with E-state index < -0.39 is 0 Å². The summed E-state index contributed by atoms with van der Waals surface area (Å²) in [4.78, 5) is 26.9. The summed E-state index contributed by atoms with van der Waals surface area (Å²) in [6, 6.07) is 7.64. The van der Waals surface area contributed by atoms with E-state index in [1.54, 1.807) is 4.90 Å². The van der Waals surface area contributed by atoms with Crippen molar-refractivity contribution in [3.05, 3.63) is 35.7 Å². The molecule has 1 atom stereocenters. The van der Waals surface area contributed by atoms with Gasteiger partial charge in [-0.15, -0.1) is 5.10 Å². The fourth-order valence-corrected chi connectivity index (χ4v) is 3.80. The molecule has 0 bridgehead atoms. The van der Waals surface area contributed by atoms with Crippen molar-refractivity contribution >= 4 is 23.2 Å². The number of nitrogens with zero attached hydrogens (tertiary/aromatic N) is 4. The second-order valence-corrected chi connectivity index (χ2v) is 7.09. The lowest BCUT2D eigenvalue weighted by atomic mass is 10.1. The summed E-state index contributed by atoms with van der Waals surface area (Å²) in [5.74, 6) is -0.208. The first-order valence-electron chi connectivity index (χ1n) is 9.48. The van der Waals surface area contributed by atoms with E-state index in [0.717, 1.165) is 43.7 Å². The number of benzene rings is 1. The first-order valence-corrected chi connectivity index (χ1v) is 9.48. The molecule has 2 saturated heterocycles. The number of hydrogen-bond donors (Lipinski definition) is 2. The average molecular weight is 368 g/mol. The Balaban J connectivity index is 1.56. The summed E-state index contributed by atoms with van der Waals surface area (Å²) in [6.45, 7) is 4.33. The molecule has 0 spiro atoms. The van der Waals surface area contributed by atoms with Gasteiger partial charge in [-0.05, 0) is 44.9 Å². The summed E-state index contributed by atoms with van der Waals surface area (Å²) in [5, 5.41) is 14.5. The third-order valence-electron chi connectivity index (χ3n) is 5.29. The molecule has 142 valence electrons. The van der Waals surface area contributed by atoms with E-state index in [1.807, 2.05) is 35.9 Å². The summed E-state index contributed by atoms with van der Waals surface area (Å²) >= 11 is 0. The molecular formula is C19H24N6O2. The number of carbonyl (C=O) groups is 2. The van der Waals surface area contributed by atoms with Gasteiger partial charge in [0.1, 0.15) is 0 Å². The molecule has 2 amide bonds. The maximum absolute atomic E-state index is 12.8. The predicted octanol–water partition coefficient (Wildman–Crippen LogP) is 1.89. The van der Waals surface area contributed by atoms with E-state index in [-0.39, 0.29) is 17.9 Å². The highest BCUT2D eigenvalue weighted by Gasteiger charge is 2.26. The average Bonchev–Trinajstić information content (AvgIpc) is 3.32. The monoisotopic (exact) mass is 368 g/mol. The van der Waals surface area contributed by atoms with E-state index in [9.17, 15) is 9.59 Å². The van der Waals surface area contributed by atoms with Gasteiger partial charge in [0.2, 0.25) is 5.91 Å². The third-order valence-corrected chi connectivity index (χ3v) is 5.29. The first kappa shape index (κ1) is 17.7. The largest absolute Gasteiger partial charge is 0.319 e. The summed E-state index contributed by atoms with van der Waals surface area (Å²) in [7, 11) is 0. The molecule has 8 nitrogen and oxygen atoms in total. The lowest BCUT2D eigenvalue weighted by Crippen LogP contribution is -2.35. The standard InChI is InChI=1S/C19H24N6O2/c1-13-18(22-23-25(13)14-9-10-20-12-14)19(27)21-15-6-2-3-7-16(15)24-11-5-4-8-17(24)26/h2-3,6-7,14,20H,4-5,8-12H2,1H3,(H,21,27). The van der Waals surface area contributed by atoms with Crippen LogP contribution in [-0.2, 0) is 4.79 Å². The fraction of sp³-hybridized carbons (Fsp3) is 0.474. The van der Waals surface area contributed by atoms with Gasteiger partial charge in [0.15, 0.2) is 5.69 Å². The van der Waals surface area contributed by atoms with Crippen molar-refractivity contribution in [3.63, 3.8) is 0 Å². The number of hydrogen-bond acceptors (Lipinski definition) is 5. The van der Waals surface area contributed by atoms with Crippen molar-refractivity contribution < 1.29 is 9.59 Å². The van der Waals surface area contributed by atoms with E-state index in [4.69, 9.17) is 0 Å². The van der Waals surface area contributed by atoms with Crippen LogP contribution < -0.4 is 15.5 Å². The highest BCUT2D eigenvalue weighted by Crippen LogP contribution is 2.29. The molecule has 3 heterocycles. The smallest absolute Gasteiger partial charge is 0.278 e. The molecule has 2 N–H and O–H groups in total. The van der Waals surface area contributed by atoms with Crippen LogP contribution in [0.4, 0.5) is 11.4 Å². The van der Waals surface area contributed by atoms with Crippen molar-refractivity contribution in [3.8, 4) is 0 Å². The van der Waals surface area contributed by atoms with Gasteiger partial charge in [0.25, 0.3) is 5.91 Å². The van der Waals surface area contributed by atoms with Crippen LogP contribution in [0.5, 0.6) is 0 Å². The molecule has 0 radical (unpaired) electrons. The van der Waals surface area contributed by atoms with E-state index in [1.165, 1.54) is 0 Å². The molecule has 2 fully saturated rings. The molecule has 0 aliphatic carbocycles. The molecule has 2 aliphatic rings. The molecule has 1 unspecified atom stereocenters. The lowest BCUT2D eigenvalue weighted by molar-refractivity contribution is -0.119. The Morgan fingerprint density at radius 3 is 2.93 bits per heavy atom. The van der Waals surface area contributed by atoms with E-state index >= 15 is 0 Å². The molecule has 4 rings (SSSR count). The number of amides is 2. The zero-order valence-corrected chi connectivity index (χ0v) is 15.4. The molecule has 2 aromatic rings. The number of anilines is 2. The molecule has 27 heavy (non-hydrogen) atoms. The number of piperidine rings is 1. The second kappa shape index (κ2) is 7.48. The van der Waals surface area contributed by atoms with Crippen LogP contribution in [0.1, 0.15) is 47.9 Å². The molecule has 8 heteroatoms. The zero-order valence-electron chi connectivity index (χ0n) is 15.4. The maximum Gasteiger partial charge on any atom is 0.278 e. The molecule has 0 saturated carbocycles. The first-order chi connectivity index (χ1) is 13.1. The Hall–Kier alpha value is -2.74. The van der Waals surface area contributed by atoms with E-state index in [2.05, 4.69) is 20.9 Å². The van der Waals surface area contributed by atoms with Gasteiger partial charge in [-0.1, -0.05) is 17.3 Å². The van der Waals surface area contributed by atoms with Gasteiger partial charge in [0.05, 0.1) is 23.1 Å². The van der Waals surface area contributed by atoms with Gasteiger partial charge in [-0.25, -0.2) is 4.68 Å². The number of rotatable bonds is 4. The SMILES string of the molecule is Cc1c(C(=O)Nc2ccccc2N2CCCCC2=O)nnn1C1CCNC1. The summed E-state index contributed by atoms with van der Waals surface area (Å²) in [6.07, 6.45) is 3.41. The Kier molecular flexibility index (Phi) is 4.89. The fourth-order valence-electron chi connectivity index (χ4n) is 3.80. The highest BCUT2D eigenvalue weighted by molar-refractivity contribution is 6.07. The number of carbonyl (C=O) groups excluding carboxylic acids is 2. The Morgan fingerprint density at radius 1 is 1.30 bits per heavy atom. The van der Waals surface area contributed by atoms with Crippen LogP contribution in [0.2, 0.25) is 0 Å². The molecule has 1 aromatic heterocycles. The number of nitrogens with one attached hydrogen (secondary N) is 2. The minimum absolute atomic E-state index is 0.0961. The van der Waals surface area contributed by atoms with Crippen molar-refractivity contribution in [1.82, 2.24) is 20.3 Å². The Bertz CT molecular complexity index is 856. The normalized spacial score (nSPS) is 20.1. The topological polar surface area (TPSA) is 92.2 Å². The van der Waals surface area contributed by atoms with Crippen molar-refractivity contribution in [1.29, 1.82) is 0 Å². The van der Waals surface area contributed by atoms with Crippen LogP contribution in [-0.4, -0.2) is 46.4 Å². The quantitative estimate of drug-likeness (QED) is 0.860. The molecule has 2 aliphatic heterocycles. The lowest BCUT2D eigenvalue weighted by Gasteiger charge is -2.28. The minimum Gasteiger partial charge on any atom is -0.319 e. The van der Waals surface area contributed by atoms with Gasteiger partial charge in [-0.2, -0.15) is 0 Å². The van der Waals surface area contributed by atoms with Gasteiger partial charge in [-0.3, -0.25) is 9.59 Å². The van der Waals surface area contributed by atoms with Crippen molar-refractivity contribution in [2.75, 3.05) is 29.9 Å². The van der Waals surface area contributed by atoms with Crippen LogP contribution in [0.3, 0.4) is 0 Å². The third kappa shape index (κ3) is 3.44. The van der Waals surface area contributed by atoms with Crippen LogP contribution in [0.15, 0.2) is 24.3 Å². The molecule has 1 aromatic carbocycles. The van der Waals surface area contributed by atoms with Crippen LogP contribution in [0.25, 0.3) is 0 Å². The number of para-hydroxylation sites is 2. The maximum atomic E-state index is 12.8. The van der Waals surface area contributed by atoms with Gasteiger partial charge < -0.3 is 15.5 Å². The van der Waals surface area contributed by atoms with Crippen LogP contribution >= 0.6 is 0 Å². The minimum atomic E-state index is -0.304. The summed E-state index contributed by atoms with van der Waals surface area (Å²) < 4.78 is 1.83. The molecular weight excluding hydrogens is 344 g/mol.